The van der Waals surface area contributed by atoms with Crippen LogP contribution in [0.3, 0.4) is 0 Å². The highest BCUT2D eigenvalue weighted by Crippen LogP contribution is 2.44. The molecule has 26 heavy (non-hydrogen) atoms. The third-order valence-electron chi connectivity index (χ3n) is 5.77. The van der Waals surface area contributed by atoms with Crippen LogP contribution in [-0.2, 0) is 10.2 Å². The van der Waals surface area contributed by atoms with E-state index in [1.165, 1.54) is 11.1 Å². The highest BCUT2D eigenvalue weighted by Gasteiger charge is 2.40. The van der Waals surface area contributed by atoms with Crippen molar-refractivity contribution in [3.63, 3.8) is 0 Å². The maximum absolute atomic E-state index is 12.1. The summed E-state index contributed by atoms with van der Waals surface area (Å²) < 4.78 is 0. The molecule has 0 bridgehead atoms. The van der Waals surface area contributed by atoms with Gasteiger partial charge in [0.1, 0.15) is 0 Å². The van der Waals surface area contributed by atoms with Gasteiger partial charge in [-0.15, -0.1) is 0 Å². The Kier molecular flexibility index (Phi) is 6.98. The van der Waals surface area contributed by atoms with Gasteiger partial charge in [0, 0.05) is 24.4 Å². The number of nitrogens with one attached hydrogen (secondary N) is 1. The molecule has 0 spiro atoms. The Bertz CT molecular complexity index is 638. The van der Waals surface area contributed by atoms with E-state index in [0.29, 0.717) is 6.42 Å². The van der Waals surface area contributed by atoms with E-state index >= 15 is 0 Å². The van der Waals surface area contributed by atoms with Gasteiger partial charge >= 0.3 is 0 Å². The van der Waals surface area contributed by atoms with Crippen molar-refractivity contribution in [3.05, 3.63) is 71.8 Å². The Morgan fingerprint density at radius 3 is 1.77 bits per heavy atom. The first-order valence-corrected chi connectivity index (χ1v) is 9.60. The van der Waals surface area contributed by atoms with Crippen molar-refractivity contribution in [2.45, 2.75) is 56.9 Å². The third-order valence-corrected chi connectivity index (χ3v) is 5.77. The van der Waals surface area contributed by atoms with Crippen LogP contribution in [0.25, 0.3) is 0 Å². The number of carbonyl (C=O) groups excluding carboxylic acids is 1. The maximum Gasteiger partial charge on any atom is 0.219 e. The summed E-state index contributed by atoms with van der Waals surface area (Å²) in [6.07, 6.45) is 3.84. The predicted octanol–water partition coefficient (Wildman–Crippen LogP) is 4.41. The molecule has 3 heteroatoms. The zero-order chi connectivity index (χ0) is 19.0. The molecule has 140 valence electrons. The van der Waals surface area contributed by atoms with Gasteiger partial charge in [0.05, 0.1) is 0 Å². The Morgan fingerprint density at radius 1 is 0.923 bits per heavy atom. The van der Waals surface area contributed by atoms with Crippen molar-refractivity contribution in [3.8, 4) is 0 Å². The second-order valence-electron chi connectivity index (χ2n) is 7.23. The first-order chi connectivity index (χ1) is 12.5. The standard InChI is InChI=1S/C23H32N2O/c1-4-22(24,5-2)18-23(17-16-21(26)25-3,19-12-8-6-9-13-19)20-14-10-7-11-15-20/h6-15H,4-5,16-18,24H2,1-3H3,(H,25,26). The molecule has 0 saturated heterocycles. The predicted molar refractivity (Wildman–Crippen MR) is 109 cm³/mol. The fourth-order valence-corrected chi connectivity index (χ4v) is 3.82. The summed E-state index contributed by atoms with van der Waals surface area (Å²) in [5, 5.41) is 2.76. The van der Waals surface area contributed by atoms with Crippen molar-refractivity contribution >= 4 is 5.91 Å². The van der Waals surface area contributed by atoms with Crippen LogP contribution in [0.5, 0.6) is 0 Å². The van der Waals surface area contributed by atoms with Gasteiger partial charge in [-0.05, 0) is 36.8 Å². The lowest BCUT2D eigenvalue weighted by Gasteiger charge is -2.42. The molecule has 3 N–H and O–H groups in total. The SMILES string of the molecule is CCC(N)(CC)CC(CCC(=O)NC)(c1ccccc1)c1ccccc1. The summed E-state index contributed by atoms with van der Waals surface area (Å²) in [7, 11) is 1.69. The quantitative estimate of drug-likeness (QED) is 0.702. The van der Waals surface area contributed by atoms with Crippen LogP contribution in [0.1, 0.15) is 57.1 Å². The first-order valence-electron chi connectivity index (χ1n) is 9.60. The van der Waals surface area contributed by atoms with Gasteiger partial charge in [0.25, 0.3) is 0 Å². The van der Waals surface area contributed by atoms with Gasteiger partial charge in [-0.3, -0.25) is 4.79 Å². The van der Waals surface area contributed by atoms with Crippen LogP contribution in [-0.4, -0.2) is 18.5 Å². The number of amides is 1. The summed E-state index contributed by atoms with van der Waals surface area (Å²) in [5.74, 6) is 0.0665. The van der Waals surface area contributed by atoms with Gasteiger partial charge in [-0.25, -0.2) is 0 Å². The highest BCUT2D eigenvalue weighted by molar-refractivity contribution is 5.75. The topological polar surface area (TPSA) is 55.1 Å². The minimum absolute atomic E-state index is 0.0665. The molecule has 0 unspecified atom stereocenters. The molecule has 0 aliphatic rings. The van der Waals surface area contributed by atoms with Crippen molar-refractivity contribution in [1.82, 2.24) is 5.32 Å². The summed E-state index contributed by atoms with van der Waals surface area (Å²) >= 11 is 0. The van der Waals surface area contributed by atoms with E-state index in [9.17, 15) is 4.79 Å². The van der Waals surface area contributed by atoms with Crippen LogP contribution in [0, 0.1) is 0 Å². The lowest BCUT2D eigenvalue weighted by molar-refractivity contribution is -0.120. The molecule has 0 atom stereocenters. The number of benzene rings is 2. The molecule has 0 aliphatic carbocycles. The average molecular weight is 353 g/mol. The second kappa shape index (κ2) is 9.00. The minimum atomic E-state index is -0.282. The Hall–Kier alpha value is -2.13. The van der Waals surface area contributed by atoms with Crippen molar-refractivity contribution in [2.24, 2.45) is 5.73 Å². The number of rotatable bonds is 9. The van der Waals surface area contributed by atoms with E-state index in [2.05, 4.69) is 67.7 Å². The molecule has 0 saturated carbocycles. The first kappa shape index (κ1) is 20.2. The number of hydrogen-bond acceptors (Lipinski definition) is 2. The summed E-state index contributed by atoms with van der Waals surface area (Å²) in [6, 6.07) is 21.0. The molecule has 0 heterocycles. The van der Waals surface area contributed by atoms with Gasteiger partial charge in [-0.2, -0.15) is 0 Å². The average Bonchev–Trinajstić information content (AvgIpc) is 2.72. The van der Waals surface area contributed by atoms with E-state index in [1.54, 1.807) is 7.05 Å². The fourth-order valence-electron chi connectivity index (χ4n) is 3.82. The molecule has 2 aromatic rings. The van der Waals surface area contributed by atoms with E-state index in [1.807, 2.05) is 12.1 Å². The Balaban J connectivity index is 2.60. The molecular weight excluding hydrogens is 320 g/mol. The molecule has 2 aromatic carbocycles. The molecule has 0 aliphatic heterocycles. The highest BCUT2D eigenvalue weighted by atomic mass is 16.1. The fraction of sp³-hybridized carbons (Fsp3) is 0.435. The zero-order valence-corrected chi connectivity index (χ0v) is 16.3. The van der Waals surface area contributed by atoms with Crippen LogP contribution < -0.4 is 11.1 Å². The Morgan fingerprint density at radius 2 is 1.38 bits per heavy atom. The number of carbonyl (C=O) groups is 1. The molecule has 0 aromatic heterocycles. The zero-order valence-electron chi connectivity index (χ0n) is 16.3. The maximum atomic E-state index is 12.1. The van der Waals surface area contributed by atoms with Crippen molar-refractivity contribution < 1.29 is 4.79 Å². The van der Waals surface area contributed by atoms with E-state index in [-0.39, 0.29) is 16.9 Å². The lowest BCUT2D eigenvalue weighted by Crippen LogP contribution is -2.46. The summed E-state index contributed by atoms with van der Waals surface area (Å²) in [4.78, 5) is 12.1. The van der Waals surface area contributed by atoms with Gasteiger partial charge < -0.3 is 11.1 Å². The molecular formula is C23H32N2O. The molecule has 3 nitrogen and oxygen atoms in total. The second-order valence-corrected chi connectivity index (χ2v) is 7.23. The molecule has 2 rings (SSSR count). The molecule has 1 amide bonds. The van der Waals surface area contributed by atoms with Gasteiger partial charge in [0.2, 0.25) is 5.91 Å². The Labute approximate surface area is 158 Å². The van der Waals surface area contributed by atoms with Crippen molar-refractivity contribution in [2.75, 3.05) is 7.05 Å². The smallest absolute Gasteiger partial charge is 0.219 e. The summed E-state index contributed by atoms with van der Waals surface area (Å²) in [5.41, 5.74) is 8.70. The minimum Gasteiger partial charge on any atom is -0.359 e. The summed E-state index contributed by atoms with van der Waals surface area (Å²) in [6.45, 7) is 4.31. The molecule has 0 radical (unpaired) electrons. The van der Waals surface area contributed by atoms with E-state index < -0.39 is 0 Å². The van der Waals surface area contributed by atoms with Crippen LogP contribution in [0.4, 0.5) is 0 Å². The van der Waals surface area contributed by atoms with Crippen molar-refractivity contribution in [1.29, 1.82) is 0 Å². The van der Waals surface area contributed by atoms with Crippen LogP contribution in [0.2, 0.25) is 0 Å². The van der Waals surface area contributed by atoms with E-state index in [0.717, 1.165) is 25.7 Å². The number of nitrogens with two attached hydrogens (primary N) is 1. The van der Waals surface area contributed by atoms with E-state index in [4.69, 9.17) is 5.73 Å². The number of hydrogen-bond donors (Lipinski definition) is 2. The third kappa shape index (κ3) is 4.53. The molecule has 0 fully saturated rings. The lowest BCUT2D eigenvalue weighted by atomic mass is 9.63. The van der Waals surface area contributed by atoms with Crippen LogP contribution in [0.15, 0.2) is 60.7 Å². The van der Waals surface area contributed by atoms with Gasteiger partial charge in [-0.1, -0.05) is 74.5 Å². The monoisotopic (exact) mass is 352 g/mol. The van der Waals surface area contributed by atoms with Crippen LogP contribution >= 0.6 is 0 Å². The normalized spacial score (nSPS) is 12.0. The largest absolute Gasteiger partial charge is 0.359 e. The van der Waals surface area contributed by atoms with Gasteiger partial charge in [0.15, 0.2) is 0 Å².